The highest BCUT2D eigenvalue weighted by Gasteiger charge is 2.11. The highest BCUT2D eigenvalue weighted by molar-refractivity contribution is 9.11. The third-order valence-electron chi connectivity index (χ3n) is 0.992. The van der Waals surface area contributed by atoms with Crippen LogP contribution in [0.25, 0.3) is 0 Å². The first-order valence-corrected chi connectivity index (χ1v) is 4.74. The number of pyridine rings is 1. The van der Waals surface area contributed by atoms with Gasteiger partial charge in [-0.1, -0.05) is 0 Å². The number of hydrogen-bond acceptors (Lipinski definition) is 4. The second-order valence-corrected chi connectivity index (χ2v) is 3.26. The summed E-state index contributed by atoms with van der Waals surface area (Å²) >= 11 is 6.05. The fraction of sp³-hybridized carbons (Fsp3) is 0.167. The van der Waals surface area contributed by atoms with E-state index in [0.29, 0.717) is 4.60 Å². The predicted molar refractivity (Wildman–Crippen MR) is 56.4 cm³/mol. The van der Waals surface area contributed by atoms with Gasteiger partial charge in [0.2, 0.25) is 0 Å². The maximum atomic E-state index is 10.3. The van der Waals surface area contributed by atoms with Crippen molar-refractivity contribution >= 4 is 37.5 Å². The zero-order chi connectivity index (χ0) is 10.4. The van der Waals surface area contributed by atoms with Gasteiger partial charge in [0.05, 0.1) is 4.92 Å². The Hall–Kier alpha value is -0.530. The summed E-state index contributed by atoms with van der Waals surface area (Å²) in [6, 6.07) is 2.89. The molecule has 0 saturated heterocycles. The lowest BCUT2D eigenvalue weighted by Gasteiger charge is -1.93. The number of nitrogens with two attached hydrogens (primary N) is 1. The molecule has 0 atom stereocenters. The first-order valence-electron chi connectivity index (χ1n) is 3.15. The van der Waals surface area contributed by atoms with E-state index in [1.54, 1.807) is 0 Å². The highest BCUT2D eigenvalue weighted by Crippen LogP contribution is 2.23. The van der Waals surface area contributed by atoms with Crippen molar-refractivity contribution in [1.29, 1.82) is 0 Å². The number of rotatable bonds is 1. The fourth-order valence-corrected chi connectivity index (χ4v) is 1.56. The van der Waals surface area contributed by atoms with E-state index in [4.69, 9.17) is 0 Å². The molecular weight excluding hydrogens is 306 g/mol. The van der Waals surface area contributed by atoms with Crippen molar-refractivity contribution in [3.8, 4) is 0 Å². The van der Waals surface area contributed by atoms with Gasteiger partial charge in [-0.15, -0.1) is 0 Å². The third-order valence-corrected chi connectivity index (χ3v) is 2.02. The van der Waals surface area contributed by atoms with Crippen LogP contribution in [-0.2, 0) is 0 Å². The number of nitro groups is 1. The van der Waals surface area contributed by atoms with Crippen molar-refractivity contribution in [2.24, 2.45) is 5.73 Å². The lowest BCUT2D eigenvalue weighted by molar-refractivity contribution is -0.386. The van der Waals surface area contributed by atoms with Crippen LogP contribution in [0.4, 0.5) is 5.69 Å². The van der Waals surface area contributed by atoms with Crippen molar-refractivity contribution < 1.29 is 4.92 Å². The van der Waals surface area contributed by atoms with E-state index in [1.807, 2.05) is 0 Å². The molecule has 1 heterocycles. The molecule has 0 aliphatic heterocycles. The standard InChI is InChI=1S/C5H2Br2N2O2.CH5N/c6-4-2-1-3(9(10)11)5(7)8-4;1-2/h1-2H;2H2,1H3. The van der Waals surface area contributed by atoms with Crippen molar-refractivity contribution in [2.75, 3.05) is 7.05 Å². The van der Waals surface area contributed by atoms with Crippen LogP contribution in [-0.4, -0.2) is 17.0 Å². The summed E-state index contributed by atoms with van der Waals surface area (Å²) < 4.78 is 0.798. The molecule has 1 aromatic heterocycles. The van der Waals surface area contributed by atoms with E-state index in [-0.39, 0.29) is 10.3 Å². The van der Waals surface area contributed by atoms with E-state index in [9.17, 15) is 10.1 Å². The van der Waals surface area contributed by atoms with Gasteiger partial charge in [0, 0.05) is 6.07 Å². The quantitative estimate of drug-likeness (QED) is 0.489. The molecule has 0 fully saturated rings. The van der Waals surface area contributed by atoms with Gasteiger partial charge in [0.15, 0.2) is 4.60 Å². The Balaban J connectivity index is 0.000000671. The van der Waals surface area contributed by atoms with Crippen LogP contribution in [0.2, 0.25) is 0 Å². The minimum atomic E-state index is -0.497. The van der Waals surface area contributed by atoms with Crippen molar-refractivity contribution in [2.45, 2.75) is 0 Å². The van der Waals surface area contributed by atoms with Crippen LogP contribution in [0.3, 0.4) is 0 Å². The van der Waals surface area contributed by atoms with Crippen LogP contribution in [0.5, 0.6) is 0 Å². The van der Waals surface area contributed by atoms with E-state index < -0.39 is 4.92 Å². The second kappa shape index (κ2) is 6.01. The molecule has 0 unspecified atom stereocenters. The smallest absolute Gasteiger partial charge is 0.302 e. The zero-order valence-electron chi connectivity index (χ0n) is 6.70. The summed E-state index contributed by atoms with van der Waals surface area (Å²) in [5.41, 5.74) is 4.47. The van der Waals surface area contributed by atoms with Gasteiger partial charge >= 0.3 is 5.69 Å². The van der Waals surface area contributed by atoms with Gasteiger partial charge in [-0.2, -0.15) is 0 Å². The number of hydrogen-bond donors (Lipinski definition) is 1. The van der Waals surface area contributed by atoms with Crippen molar-refractivity contribution in [3.63, 3.8) is 0 Å². The minimum Gasteiger partial charge on any atom is -0.333 e. The highest BCUT2D eigenvalue weighted by atomic mass is 79.9. The number of nitrogens with zero attached hydrogens (tertiary/aromatic N) is 2. The molecule has 7 heteroatoms. The average Bonchev–Trinajstić information content (AvgIpc) is 2.07. The molecule has 13 heavy (non-hydrogen) atoms. The Morgan fingerprint density at radius 1 is 1.46 bits per heavy atom. The Labute approximate surface area is 91.7 Å². The van der Waals surface area contributed by atoms with Crippen molar-refractivity contribution in [1.82, 2.24) is 4.98 Å². The van der Waals surface area contributed by atoms with E-state index in [0.717, 1.165) is 0 Å². The SMILES string of the molecule is CN.O=[N+]([O-])c1ccc(Br)nc1Br. The molecule has 0 bridgehead atoms. The molecule has 0 saturated carbocycles. The fourth-order valence-electron chi connectivity index (χ4n) is 0.541. The third kappa shape index (κ3) is 3.79. The van der Waals surface area contributed by atoms with Gasteiger partial charge in [0.25, 0.3) is 0 Å². The summed E-state index contributed by atoms with van der Waals surface area (Å²) in [5.74, 6) is 0. The molecule has 0 amide bonds. The van der Waals surface area contributed by atoms with Gasteiger partial charge in [0.1, 0.15) is 4.60 Å². The number of aromatic nitrogens is 1. The molecule has 0 spiro atoms. The summed E-state index contributed by atoms with van der Waals surface area (Å²) in [7, 11) is 1.50. The van der Waals surface area contributed by atoms with Gasteiger partial charge in [-0.25, -0.2) is 4.98 Å². The first kappa shape index (κ1) is 12.5. The summed E-state index contributed by atoms with van der Waals surface area (Å²) in [6.45, 7) is 0. The summed E-state index contributed by atoms with van der Waals surface area (Å²) in [5, 5.41) is 10.3. The predicted octanol–water partition coefficient (Wildman–Crippen LogP) is 2.09. The Bertz CT molecular complexity index is 306. The van der Waals surface area contributed by atoms with Gasteiger partial charge in [-0.3, -0.25) is 10.1 Å². The molecule has 1 aromatic rings. The molecule has 1 rings (SSSR count). The monoisotopic (exact) mass is 311 g/mol. The number of halogens is 2. The lowest BCUT2D eigenvalue weighted by Crippen LogP contribution is -1.90. The van der Waals surface area contributed by atoms with Gasteiger partial charge < -0.3 is 5.73 Å². The molecule has 0 radical (unpaired) electrons. The molecule has 0 aliphatic carbocycles. The molecule has 0 aromatic carbocycles. The zero-order valence-corrected chi connectivity index (χ0v) is 9.87. The molecule has 2 N–H and O–H groups in total. The molecule has 0 aliphatic rings. The topological polar surface area (TPSA) is 82.0 Å². The molecular formula is C6H7Br2N3O2. The van der Waals surface area contributed by atoms with E-state index in [1.165, 1.54) is 19.2 Å². The van der Waals surface area contributed by atoms with E-state index >= 15 is 0 Å². The largest absolute Gasteiger partial charge is 0.333 e. The second-order valence-electron chi connectivity index (χ2n) is 1.70. The van der Waals surface area contributed by atoms with Crippen LogP contribution in [0.15, 0.2) is 21.3 Å². The van der Waals surface area contributed by atoms with Crippen LogP contribution < -0.4 is 5.73 Å². The van der Waals surface area contributed by atoms with Crippen molar-refractivity contribution in [3.05, 3.63) is 31.5 Å². The maximum absolute atomic E-state index is 10.3. The summed E-state index contributed by atoms with van der Waals surface area (Å²) in [4.78, 5) is 13.5. The van der Waals surface area contributed by atoms with E-state index in [2.05, 4.69) is 42.6 Å². The van der Waals surface area contributed by atoms with Gasteiger partial charge in [-0.05, 0) is 45.0 Å². The summed E-state index contributed by atoms with van der Waals surface area (Å²) in [6.07, 6.45) is 0. The average molecular weight is 313 g/mol. The Morgan fingerprint density at radius 2 is 2.00 bits per heavy atom. The minimum absolute atomic E-state index is 0.0341. The lowest BCUT2D eigenvalue weighted by atomic mass is 10.4. The normalized spacial score (nSPS) is 8.62. The van der Waals surface area contributed by atoms with Crippen LogP contribution >= 0.6 is 31.9 Å². The Kier molecular flexibility index (Phi) is 5.76. The first-order chi connectivity index (χ1) is 6.11. The maximum Gasteiger partial charge on any atom is 0.302 e. The molecule has 5 nitrogen and oxygen atoms in total. The molecule has 72 valence electrons. The van der Waals surface area contributed by atoms with Crippen LogP contribution in [0.1, 0.15) is 0 Å². The van der Waals surface area contributed by atoms with Crippen LogP contribution in [0, 0.1) is 10.1 Å². The Morgan fingerprint density at radius 3 is 2.38 bits per heavy atom.